The molecule has 0 amide bonds. The van der Waals surface area contributed by atoms with Gasteiger partial charge in [0.2, 0.25) is 0 Å². The van der Waals surface area contributed by atoms with Gasteiger partial charge in [0.25, 0.3) is 0 Å². The summed E-state index contributed by atoms with van der Waals surface area (Å²) in [5.41, 5.74) is -0.0208. The number of phenolic OH excluding ortho intramolecular Hbond substituents is 2. The number of ether oxygens (including phenoxy) is 1. The lowest BCUT2D eigenvalue weighted by molar-refractivity contribution is -0.137. The molecule has 0 aliphatic heterocycles. The number of carbonyl (C=O) groups excluding carboxylic acids is 1. The highest BCUT2D eigenvalue weighted by Crippen LogP contribution is 2.37. The van der Waals surface area contributed by atoms with Crippen molar-refractivity contribution >= 4 is 17.6 Å². The van der Waals surface area contributed by atoms with Crippen molar-refractivity contribution in [2.24, 2.45) is 0 Å². The maximum Gasteiger partial charge on any atom is 0.416 e. The number of aromatic nitrogens is 2. The summed E-state index contributed by atoms with van der Waals surface area (Å²) in [6.07, 6.45) is -0.754. The maximum absolute atomic E-state index is 12.7. The van der Waals surface area contributed by atoms with Crippen molar-refractivity contribution in [3.8, 4) is 11.5 Å². The number of aryl methyl sites for hydroxylation is 1. The van der Waals surface area contributed by atoms with Crippen LogP contribution >= 0.6 is 11.6 Å². The molecule has 0 aliphatic carbocycles. The monoisotopic (exact) mass is 454 g/mol. The number of aromatic hydroxyl groups is 2. The number of carbonyl (C=O) groups is 1. The van der Waals surface area contributed by atoms with Gasteiger partial charge in [-0.05, 0) is 29.7 Å². The summed E-state index contributed by atoms with van der Waals surface area (Å²) in [5, 5.41) is 19.9. The van der Waals surface area contributed by atoms with Crippen LogP contribution in [0.25, 0.3) is 0 Å². The lowest BCUT2D eigenvalue weighted by atomic mass is 10.0. The molecule has 0 unspecified atom stereocenters. The normalized spacial score (nSPS) is 11.5. The SMILES string of the molecule is COC(=O)c1c(O)cc(O)c(Cl)c1CCc1nccn1Cc1ccc(C(F)(F)F)cc1. The van der Waals surface area contributed by atoms with Crippen LogP contribution in [0.2, 0.25) is 5.02 Å². The molecule has 0 bridgehead atoms. The Labute approximate surface area is 180 Å². The number of hydrogen-bond acceptors (Lipinski definition) is 5. The zero-order valence-corrected chi connectivity index (χ0v) is 17.0. The van der Waals surface area contributed by atoms with Gasteiger partial charge in [-0.1, -0.05) is 23.7 Å². The molecule has 0 atom stereocenters. The van der Waals surface area contributed by atoms with E-state index in [1.807, 2.05) is 0 Å². The molecule has 0 saturated heterocycles. The Morgan fingerprint density at radius 1 is 1.16 bits per heavy atom. The topological polar surface area (TPSA) is 84.6 Å². The van der Waals surface area contributed by atoms with Crippen LogP contribution in [0.5, 0.6) is 11.5 Å². The number of rotatable bonds is 6. The second-order valence-electron chi connectivity index (χ2n) is 6.74. The average molecular weight is 455 g/mol. The minimum Gasteiger partial charge on any atom is -0.507 e. The molecule has 2 aromatic carbocycles. The first-order valence-corrected chi connectivity index (χ1v) is 9.47. The van der Waals surface area contributed by atoms with Crippen molar-refractivity contribution in [2.75, 3.05) is 7.11 Å². The predicted octanol–water partition coefficient (Wildman–Crippen LogP) is 4.59. The van der Waals surface area contributed by atoms with E-state index in [4.69, 9.17) is 11.6 Å². The smallest absolute Gasteiger partial charge is 0.416 e. The first-order valence-electron chi connectivity index (χ1n) is 9.09. The van der Waals surface area contributed by atoms with E-state index < -0.39 is 23.5 Å². The Kier molecular flexibility index (Phi) is 6.45. The van der Waals surface area contributed by atoms with Crippen molar-refractivity contribution in [3.63, 3.8) is 0 Å². The van der Waals surface area contributed by atoms with Crippen LogP contribution in [0.1, 0.15) is 32.9 Å². The molecule has 0 spiro atoms. The highest BCUT2D eigenvalue weighted by atomic mass is 35.5. The van der Waals surface area contributed by atoms with Gasteiger partial charge in [-0.25, -0.2) is 9.78 Å². The summed E-state index contributed by atoms with van der Waals surface area (Å²) in [7, 11) is 1.16. The second-order valence-corrected chi connectivity index (χ2v) is 7.12. The molecule has 164 valence electrons. The number of benzene rings is 2. The zero-order chi connectivity index (χ0) is 22.8. The van der Waals surface area contributed by atoms with E-state index in [-0.39, 0.29) is 41.3 Å². The third kappa shape index (κ3) is 4.93. The van der Waals surface area contributed by atoms with Crippen LogP contribution in [-0.4, -0.2) is 32.8 Å². The van der Waals surface area contributed by atoms with Crippen molar-refractivity contribution in [1.29, 1.82) is 0 Å². The van der Waals surface area contributed by atoms with E-state index in [9.17, 15) is 28.2 Å². The van der Waals surface area contributed by atoms with Crippen molar-refractivity contribution in [3.05, 3.63) is 75.8 Å². The highest BCUT2D eigenvalue weighted by molar-refractivity contribution is 6.33. The van der Waals surface area contributed by atoms with Crippen LogP contribution in [0, 0.1) is 0 Å². The van der Waals surface area contributed by atoms with Crippen LogP contribution in [-0.2, 0) is 30.3 Å². The van der Waals surface area contributed by atoms with Crippen LogP contribution < -0.4 is 0 Å². The van der Waals surface area contributed by atoms with Gasteiger partial charge >= 0.3 is 12.1 Å². The van der Waals surface area contributed by atoms with Gasteiger partial charge in [0.1, 0.15) is 22.9 Å². The summed E-state index contributed by atoms with van der Waals surface area (Å²) in [5.74, 6) is -1.07. The van der Waals surface area contributed by atoms with Gasteiger partial charge in [0.05, 0.1) is 17.7 Å². The lowest BCUT2D eigenvalue weighted by Crippen LogP contribution is -2.11. The fourth-order valence-corrected chi connectivity index (χ4v) is 3.44. The van der Waals surface area contributed by atoms with Crippen LogP contribution in [0.15, 0.2) is 42.7 Å². The van der Waals surface area contributed by atoms with Gasteiger partial charge in [-0.15, -0.1) is 0 Å². The fourth-order valence-electron chi connectivity index (χ4n) is 3.19. The number of imidazole rings is 1. The Hall–Kier alpha value is -3.20. The van der Waals surface area contributed by atoms with Crippen molar-refractivity contribution in [2.45, 2.75) is 25.6 Å². The molecule has 0 radical (unpaired) electrons. The van der Waals surface area contributed by atoms with E-state index in [2.05, 4.69) is 9.72 Å². The number of hydrogen-bond donors (Lipinski definition) is 2. The van der Waals surface area contributed by atoms with E-state index in [1.165, 1.54) is 12.1 Å². The van der Waals surface area contributed by atoms with E-state index in [0.29, 0.717) is 11.4 Å². The molecule has 0 aliphatic rings. The van der Waals surface area contributed by atoms with Crippen molar-refractivity contribution in [1.82, 2.24) is 9.55 Å². The van der Waals surface area contributed by atoms with Gasteiger partial charge in [0.15, 0.2) is 0 Å². The fraction of sp³-hybridized carbons (Fsp3) is 0.238. The molecular weight excluding hydrogens is 437 g/mol. The van der Waals surface area contributed by atoms with Crippen LogP contribution in [0.4, 0.5) is 13.2 Å². The minimum absolute atomic E-state index is 0.0842. The minimum atomic E-state index is -4.40. The quantitative estimate of drug-likeness (QED) is 0.532. The molecule has 1 aromatic heterocycles. The molecule has 0 saturated carbocycles. The lowest BCUT2D eigenvalue weighted by Gasteiger charge is -2.14. The highest BCUT2D eigenvalue weighted by Gasteiger charge is 2.30. The third-order valence-electron chi connectivity index (χ3n) is 4.75. The largest absolute Gasteiger partial charge is 0.507 e. The van der Waals surface area contributed by atoms with E-state index in [0.717, 1.165) is 25.3 Å². The third-order valence-corrected chi connectivity index (χ3v) is 5.17. The first-order chi connectivity index (χ1) is 14.6. The van der Waals surface area contributed by atoms with Gasteiger partial charge < -0.3 is 19.5 Å². The Balaban J connectivity index is 1.81. The summed E-state index contributed by atoms with van der Waals surface area (Å²) >= 11 is 6.14. The summed E-state index contributed by atoms with van der Waals surface area (Å²) in [6, 6.07) is 5.79. The number of alkyl halides is 3. The summed E-state index contributed by atoms with van der Waals surface area (Å²) < 4.78 is 44.6. The molecule has 3 aromatic rings. The molecule has 6 nitrogen and oxygen atoms in total. The number of esters is 1. The van der Waals surface area contributed by atoms with Gasteiger partial charge in [-0.3, -0.25) is 0 Å². The zero-order valence-electron chi connectivity index (χ0n) is 16.3. The molecule has 3 rings (SSSR count). The van der Waals surface area contributed by atoms with Gasteiger partial charge in [-0.2, -0.15) is 13.2 Å². The molecule has 10 heteroatoms. The number of methoxy groups -OCH3 is 1. The van der Waals surface area contributed by atoms with Crippen LogP contribution in [0.3, 0.4) is 0 Å². The Morgan fingerprint density at radius 3 is 2.45 bits per heavy atom. The number of halogens is 4. The number of nitrogens with zero attached hydrogens (tertiary/aromatic N) is 2. The maximum atomic E-state index is 12.7. The second kappa shape index (κ2) is 8.89. The number of phenols is 2. The molecular formula is C21H18ClF3N2O4. The standard InChI is InChI=1S/C21H18ClF3N2O4/c1-31-20(30)18-14(19(22)16(29)10-15(18)28)6-7-17-26-8-9-27(17)11-12-2-4-13(5-3-12)21(23,24)25/h2-5,8-10,28-29H,6-7,11H2,1H3. The molecule has 0 fully saturated rings. The van der Waals surface area contributed by atoms with E-state index in [1.54, 1.807) is 17.0 Å². The Bertz CT molecular complexity index is 1100. The Morgan fingerprint density at radius 2 is 1.84 bits per heavy atom. The van der Waals surface area contributed by atoms with E-state index >= 15 is 0 Å². The molecule has 2 N–H and O–H groups in total. The average Bonchev–Trinajstić information content (AvgIpc) is 3.15. The van der Waals surface area contributed by atoms with Crippen molar-refractivity contribution < 1.29 is 32.9 Å². The molecule has 1 heterocycles. The van der Waals surface area contributed by atoms with Gasteiger partial charge in [0, 0.05) is 31.4 Å². The summed E-state index contributed by atoms with van der Waals surface area (Å²) in [6.45, 7) is 0.288. The first kappa shape index (κ1) is 22.5. The molecule has 31 heavy (non-hydrogen) atoms. The predicted molar refractivity (Wildman–Crippen MR) is 106 cm³/mol. The summed E-state index contributed by atoms with van der Waals surface area (Å²) in [4.78, 5) is 16.3.